The zero-order chi connectivity index (χ0) is 13.7. The number of hydrogen-bond acceptors (Lipinski definition) is 3. The molecule has 18 heavy (non-hydrogen) atoms. The smallest absolute Gasteiger partial charge is 0.307 e. The third-order valence-corrected chi connectivity index (χ3v) is 4.16. The first kappa shape index (κ1) is 14.7. The van der Waals surface area contributed by atoms with E-state index in [0.29, 0.717) is 6.54 Å². The van der Waals surface area contributed by atoms with Crippen molar-refractivity contribution in [3.05, 3.63) is 21.9 Å². The lowest BCUT2D eigenvalue weighted by Crippen LogP contribution is -2.34. The van der Waals surface area contributed by atoms with E-state index in [1.165, 1.54) is 5.56 Å². The van der Waals surface area contributed by atoms with E-state index in [4.69, 9.17) is 5.11 Å². The van der Waals surface area contributed by atoms with Crippen LogP contribution in [0.25, 0.3) is 0 Å². The molecular weight excluding hydrogens is 250 g/mol. The third kappa shape index (κ3) is 3.57. The number of carboxylic acid groups (broad SMARTS) is 1. The van der Waals surface area contributed by atoms with Gasteiger partial charge in [0.15, 0.2) is 0 Å². The molecule has 1 aromatic rings. The first-order chi connectivity index (χ1) is 8.47. The number of carbonyl (C=O) groups excluding carboxylic acids is 1. The maximum absolute atomic E-state index is 11.8. The van der Waals surface area contributed by atoms with Crippen LogP contribution in [-0.2, 0) is 22.6 Å². The Morgan fingerprint density at radius 1 is 1.39 bits per heavy atom. The predicted octanol–water partition coefficient (Wildman–Crippen LogP) is 2.28. The molecule has 0 aliphatic carbocycles. The topological polar surface area (TPSA) is 66.4 Å². The van der Waals surface area contributed by atoms with Gasteiger partial charge in [-0.15, -0.1) is 11.3 Å². The number of hydrogen-bond donors (Lipinski definition) is 2. The molecule has 0 aliphatic rings. The molecule has 0 saturated carbocycles. The summed E-state index contributed by atoms with van der Waals surface area (Å²) in [4.78, 5) is 23.8. The van der Waals surface area contributed by atoms with Gasteiger partial charge < -0.3 is 10.4 Å². The van der Waals surface area contributed by atoms with Gasteiger partial charge in [-0.05, 0) is 23.4 Å². The lowest BCUT2D eigenvalue weighted by atomic mass is 9.95. The molecule has 2 N–H and O–H groups in total. The number of aryl methyl sites for hydroxylation is 1. The van der Waals surface area contributed by atoms with Crippen LogP contribution in [0.5, 0.6) is 0 Å². The highest BCUT2D eigenvalue weighted by atomic mass is 32.1. The van der Waals surface area contributed by atoms with Crippen LogP contribution in [0.2, 0.25) is 0 Å². The van der Waals surface area contributed by atoms with Gasteiger partial charge in [0.1, 0.15) is 0 Å². The molecule has 1 rings (SSSR count). The zero-order valence-corrected chi connectivity index (χ0v) is 11.7. The Hall–Kier alpha value is -1.36. The molecule has 4 nitrogen and oxygen atoms in total. The molecule has 0 saturated heterocycles. The van der Waals surface area contributed by atoms with Crippen LogP contribution in [-0.4, -0.2) is 17.0 Å². The van der Waals surface area contributed by atoms with E-state index in [2.05, 4.69) is 18.3 Å². The quantitative estimate of drug-likeness (QED) is 0.832. The van der Waals surface area contributed by atoms with Crippen molar-refractivity contribution in [2.45, 2.75) is 33.7 Å². The molecule has 0 aromatic carbocycles. The van der Waals surface area contributed by atoms with Crippen LogP contribution >= 0.6 is 11.3 Å². The van der Waals surface area contributed by atoms with Crippen LogP contribution in [0.4, 0.5) is 0 Å². The van der Waals surface area contributed by atoms with E-state index in [9.17, 15) is 9.59 Å². The first-order valence-electron chi connectivity index (χ1n) is 6.03. The van der Waals surface area contributed by atoms with Crippen LogP contribution in [0, 0.1) is 11.8 Å². The average Bonchev–Trinajstić information content (AvgIpc) is 2.81. The lowest BCUT2D eigenvalue weighted by molar-refractivity contribution is -0.146. The Bertz CT molecular complexity index is 428. The minimum atomic E-state index is -0.942. The second-order valence-electron chi connectivity index (χ2n) is 4.36. The number of nitrogens with one attached hydrogen (secondary N) is 1. The predicted molar refractivity (Wildman–Crippen MR) is 71.5 cm³/mol. The normalized spacial score (nSPS) is 13.9. The molecular formula is C13H19NO3S. The molecule has 1 heterocycles. The number of amides is 1. The standard InChI is InChI=1S/C13H19NO3S/c1-4-10-5-6-18-11(10)7-14-12(15)8(2)9(3)13(16)17/h5-6,8-9H,4,7H2,1-3H3,(H,14,15)(H,16,17). The van der Waals surface area contributed by atoms with Crippen molar-refractivity contribution < 1.29 is 14.7 Å². The van der Waals surface area contributed by atoms with E-state index in [-0.39, 0.29) is 5.91 Å². The van der Waals surface area contributed by atoms with Gasteiger partial charge >= 0.3 is 5.97 Å². The zero-order valence-electron chi connectivity index (χ0n) is 10.9. The molecule has 100 valence electrons. The number of thiophene rings is 1. The fourth-order valence-electron chi connectivity index (χ4n) is 1.61. The summed E-state index contributed by atoms with van der Waals surface area (Å²) >= 11 is 1.61. The largest absolute Gasteiger partial charge is 0.481 e. The third-order valence-electron chi connectivity index (χ3n) is 3.19. The minimum absolute atomic E-state index is 0.208. The number of rotatable bonds is 6. The fourth-order valence-corrected chi connectivity index (χ4v) is 2.52. The summed E-state index contributed by atoms with van der Waals surface area (Å²) in [7, 11) is 0. The molecule has 5 heteroatoms. The van der Waals surface area contributed by atoms with Crippen molar-refractivity contribution >= 4 is 23.2 Å². The van der Waals surface area contributed by atoms with Crippen LogP contribution < -0.4 is 5.32 Å². The Balaban J connectivity index is 2.53. The van der Waals surface area contributed by atoms with Crippen molar-refractivity contribution in [3.63, 3.8) is 0 Å². The maximum atomic E-state index is 11.8. The second-order valence-corrected chi connectivity index (χ2v) is 5.36. The highest BCUT2D eigenvalue weighted by molar-refractivity contribution is 7.10. The summed E-state index contributed by atoms with van der Waals surface area (Å²) in [6.07, 6.45) is 0.940. The number of carbonyl (C=O) groups is 2. The molecule has 1 amide bonds. The van der Waals surface area contributed by atoms with E-state index < -0.39 is 17.8 Å². The van der Waals surface area contributed by atoms with Crippen molar-refractivity contribution in [1.29, 1.82) is 0 Å². The number of carboxylic acids is 1. The van der Waals surface area contributed by atoms with E-state index in [0.717, 1.165) is 11.3 Å². The average molecular weight is 269 g/mol. The van der Waals surface area contributed by atoms with Crippen LogP contribution in [0.3, 0.4) is 0 Å². The van der Waals surface area contributed by atoms with Gasteiger partial charge in [-0.25, -0.2) is 0 Å². The van der Waals surface area contributed by atoms with Crippen molar-refractivity contribution in [3.8, 4) is 0 Å². The molecule has 2 unspecified atom stereocenters. The van der Waals surface area contributed by atoms with Gasteiger partial charge in [0.25, 0.3) is 0 Å². The molecule has 0 fully saturated rings. The van der Waals surface area contributed by atoms with Gasteiger partial charge in [-0.1, -0.05) is 20.8 Å². The Morgan fingerprint density at radius 2 is 2.06 bits per heavy atom. The molecule has 0 aliphatic heterocycles. The second kappa shape index (κ2) is 6.54. The van der Waals surface area contributed by atoms with Crippen molar-refractivity contribution in [2.75, 3.05) is 0 Å². The van der Waals surface area contributed by atoms with Crippen molar-refractivity contribution in [2.24, 2.45) is 11.8 Å². The van der Waals surface area contributed by atoms with Gasteiger partial charge in [0, 0.05) is 10.8 Å². The number of aliphatic carboxylic acids is 1. The summed E-state index contributed by atoms with van der Waals surface area (Å²) in [5.74, 6) is -2.34. The lowest BCUT2D eigenvalue weighted by Gasteiger charge is -2.15. The van der Waals surface area contributed by atoms with Crippen LogP contribution in [0.15, 0.2) is 11.4 Å². The van der Waals surface area contributed by atoms with E-state index in [1.807, 2.05) is 5.38 Å². The van der Waals surface area contributed by atoms with Gasteiger partial charge in [-0.2, -0.15) is 0 Å². The summed E-state index contributed by atoms with van der Waals surface area (Å²) in [6.45, 7) is 5.75. The molecule has 2 atom stereocenters. The first-order valence-corrected chi connectivity index (χ1v) is 6.91. The van der Waals surface area contributed by atoms with E-state index >= 15 is 0 Å². The van der Waals surface area contributed by atoms with Gasteiger partial charge in [0.05, 0.1) is 12.5 Å². The van der Waals surface area contributed by atoms with Crippen LogP contribution in [0.1, 0.15) is 31.2 Å². The Morgan fingerprint density at radius 3 is 2.61 bits per heavy atom. The Labute approximate surface area is 111 Å². The van der Waals surface area contributed by atoms with Gasteiger partial charge in [0.2, 0.25) is 5.91 Å². The molecule has 1 aromatic heterocycles. The fraction of sp³-hybridized carbons (Fsp3) is 0.538. The Kier molecular flexibility index (Phi) is 5.34. The van der Waals surface area contributed by atoms with Crippen molar-refractivity contribution in [1.82, 2.24) is 5.32 Å². The summed E-state index contributed by atoms with van der Waals surface area (Å²) < 4.78 is 0. The van der Waals surface area contributed by atoms with E-state index in [1.54, 1.807) is 25.2 Å². The highest BCUT2D eigenvalue weighted by Crippen LogP contribution is 2.18. The summed E-state index contributed by atoms with van der Waals surface area (Å²) in [6, 6.07) is 2.05. The van der Waals surface area contributed by atoms with Gasteiger partial charge in [-0.3, -0.25) is 9.59 Å². The molecule has 0 bridgehead atoms. The maximum Gasteiger partial charge on any atom is 0.307 e. The summed E-state index contributed by atoms with van der Waals surface area (Å²) in [5.41, 5.74) is 1.24. The monoisotopic (exact) mass is 269 g/mol. The molecule has 0 radical (unpaired) electrons. The highest BCUT2D eigenvalue weighted by Gasteiger charge is 2.25. The SMILES string of the molecule is CCc1ccsc1CNC(=O)C(C)C(C)C(=O)O. The minimum Gasteiger partial charge on any atom is -0.481 e. The molecule has 0 spiro atoms. The summed E-state index contributed by atoms with van der Waals surface area (Å²) in [5, 5.41) is 13.7.